The van der Waals surface area contributed by atoms with E-state index in [2.05, 4.69) is 10.3 Å². The quantitative estimate of drug-likeness (QED) is 0.831. The second-order valence-corrected chi connectivity index (χ2v) is 5.30. The Morgan fingerprint density at radius 2 is 1.88 bits per heavy atom. The predicted molar refractivity (Wildman–Crippen MR) is 74.8 cm³/mol. The van der Waals surface area contributed by atoms with E-state index < -0.39 is 0 Å². The van der Waals surface area contributed by atoms with Gasteiger partial charge in [-0.25, -0.2) is 4.98 Å². The van der Waals surface area contributed by atoms with E-state index >= 15 is 0 Å². The van der Waals surface area contributed by atoms with Crippen LogP contribution < -0.4 is 11.1 Å². The number of thiazole rings is 1. The summed E-state index contributed by atoms with van der Waals surface area (Å²) in [6.45, 7) is 0.410. The Labute approximate surface area is 118 Å². The molecule has 2 rings (SSSR count). The SMILES string of the molecule is NCc1csc(Nc2cc(Cl)c(Cl)cc2Cl)n1. The number of hydrogen-bond donors (Lipinski definition) is 2. The van der Waals surface area contributed by atoms with Crippen molar-refractivity contribution in [2.45, 2.75) is 6.54 Å². The van der Waals surface area contributed by atoms with Crippen molar-refractivity contribution >= 4 is 57.0 Å². The fraction of sp³-hybridized carbons (Fsp3) is 0.100. The first-order chi connectivity index (χ1) is 8.10. The topological polar surface area (TPSA) is 50.9 Å². The van der Waals surface area contributed by atoms with Crippen LogP contribution in [0.2, 0.25) is 15.1 Å². The molecule has 0 atom stereocenters. The van der Waals surface area contributed by atoms with Gasteiger partial charge >= 0.3 is 0 Å². The van der Waals surface area contributed by atoms with Gasteiger partial charge in [-0.05, 0) is 12.1 Å². The summed E-state index contributed by atoms with van der Waals surface area (Å²) in [5.74, 6) is 0. The van der Waals surface area contributed by atoms with Gasteiger partial charge in [0.05, 0.1) is 26.4 Å². The summed E-state index contributed by atoms with van der Waals surface area (Å²) in [5.41, 5.74) is 6.98. The van der Waals surface area contributed by atoms with Crippen LogP contribution in [0.15, 0.2) is 17.5 Å². The number of nitrogens with zero attached hydrogens (tertiary/aromatic N) is 1. The van der Waals surface area contributed by atoms with Crippen LogP contribution in [0, 0.1) is 0 Å². The van der Waals surface area contributed by atoms with Gasteiger partial charge in [0.25, 0.3) is 0 Å². The van der Waals surface area contributed by atoms with Gasteiger partial charge in [0.2, 0.25) is 0 Å². The molecular weight excluding hydrogens is 301 g/mol. The molecule has 0 unspecified atom stereocenters. The zero-order chi connectivity index (χ0) is 12.4. The van der Waals surface area contributed by atoms with Gasteiger partial charge in [-0.2, -0.15) is 0 Å². The van der Waals surface area contributed by atoms with Crippen LogP contribution >= 0.6 is 46.1 Å². The summed E-state index contributed by atoms with van der Waals surface area (Å²) in [4.78, 5) is 4.26. The Hall–Kier alpha value is -0.520. The summed E-state index contributed by atoms with van der Waals surface area (Å²) in [6.07, 6.45) is 0. The molecule has 0 radical (unpaired) electrons. The summed E-state index contributed by atoms with van der Waals surface area (Å²) >= 11 is 19.2. The molecular formula is C10H8Cl3N3S. The molecule has 3 N–H and O–H groups in total. The Balaban J connectivity index is 2.26. The number of aromatic nitrogens is 1. The summed E-state index contributed by atoms with van der Waals surface area (Å²) in [6, 6.07) is 3.25. The van der Waals surface area contributed by atoms with Crippen molar-refractivity contribution < 1.29 is 0 Å². The lowest BCUT2D eigenvalue weighted by molar-refractivity contribution is 1.01. The van der Waals surface area contributed by atoms with Gasteiger partial charge in [0.15, 0.2) is 5.13 Å². The number of nitrogens with one attached hydrogen (secondary N) is 1. The molecule has 7 heteroatoms. The Morgan fingerprint density at radius 3 is 2.53 bits per heavy atom. The molecule has 0 amide bonds. The molecule has 0 fully saturated rings. The number of rotatable bonds is 3. The highest BCUT2D eigenvalue weighted by molar-refractivity contribution is 7.13. The molecule has 0 saturated heterocycles. The number of halogens is 3. The van der Waals surface area contributed by atoms with Crippen molar-refractivity contribution in [3.63, 3.8) is 0 Å². The van der Waals surface area contributed by atoms with Crippen molar-refractivity contribution in [2.24, 2.45) is 5.73 Å². The average Bonchev–Trinajstić information content (AvgIpc) is 2.73. The standard InChI is InChI=1S/C10H8Cl3N3S/c11-6-1-8(13)9(2-7(6)12)16-10-15-5(3-14)4-17-10/h1-2,4H,3,14H2,(H,15,16). The Bertz CT molecular complexity index is 542. The largest absolute Gasteiger partial charge is 0.330 e. The van der Waals surface area contributed by atoms with Crippen LogP contribution in [0.25, 0.3) is 0 Å². The summed E-state index contributed by atoms with van der Waals surface area (Å²) in [5, 5.41) is 7.02. The second kappa shape index (κ2) is 5.42. The highest BCUT2D eigenvalue weighted by Crippen LogP contribution is 2.34. The fourth-order valence-corrected chi connectivity index (χ4v) is 2.52. The fourth-order valence-electron chi connectivity index (χ4n) is 1.19. The van der Waals surface area contributed by atoms with Gasteiger partial charge in [0, 0.05) is 11.9 Å². The molecule has 1 aromatic carbocycles. The molecule has 90 valence electrons. The maximum atomic E-state index is 6.04. The summed E-state index contributed by atoms with van der Waals surface area (Å²) < 4.78 is 0. The molecule has 0 aliphatic rings. The van der Waals surface area contributed by atoms with Crippen molar-refractivity contribution in [3.05, 3.63) is 38.3 Å². The van der Waals surface area contributed by atoms with Gasteiger partial charge < -0.3 is 11.1 Å². The number of hydrogen-bond acceptors (Lipinski definition) is 4. The minimum Gasteiger partial charge on any atom is -0.330 e. The van der Waals surface area contributed by atoms with Crippen LogP contribution in [0.5, 0.6) is 0 Å². The number of nitrogens with two attached hydrogens (primary N) is 1. The van der Waals surface area contributed by atoms with E-state index in [9.17, 15) is 0 Å². The van der Waals surface area contributed by atoms with E-state index in [0.29, 0.717) is 32.4 Å². The zero-order valence-electron chi connectivity index (χ0n) is 8.51. The first-order valence-electron chi connectivity index (χ1n) is 4.66. The molecule has 0 spiro atoms. The molecule has 1 aromatic heterocycles. The van der Waals surface area contributed by atoms with Crippen molar-refractivity contribution in [1.82, 2.24) is 4.98 Å². The second-order valence-electron chi connectivity index (χ2n) is 3.22. The van der Waals surface area contributed by atoms with E-state index in [1.165, 1.54) is 11.3 Å². The molecule has 1 heterocycles. The van der Waals surface area contributed by atoms with Gasteiger partial charge in [-0.15, -0.1) is 11.3 Å². The number of benzene rings is 1. The van der Waals surface area contributed by atoms with Crippen molar-refractivity contribution in [3.8, 4) is 0 Å². The first kappa shape index (κ1) is 12.9. The minimum atomic E-state index is 0.410. The molecule has 17 heavy (non-hydrogen) atoms. The lowest BCUT2D eigenvalue weighted by Crippen LogP contribution is -1.97. The van der Waals surface area contributed by atoms with Crippen LogP contribution in [0.1, 0.15) is 5.69 Å². The third kappa shape index (κ3) is 3.03. The molecule has 0 aliphatic heterocycles. The van der Waals surface area contributed by atoms with E-state index in [0.717, 1.165) is 5.69 Å². The van der Waals surface area contributed by atoms with E-state index in [4.69, 9.17) is 40.5 Å². The van der Waals surface area contributed by atoms with Gasteiger partial charge in [-0.1, -0.05) is 34.8 Å². The van der Waals surface area contributed by atoms with E-state index in [1.54, 1.807) is 12.1 Å². The number of anilines is 2. The normalized spacial score (nSPS) is 10.6. The van der Waals surface area contributed by atoms with Crippen molar-refractivity contribution in [1.29, 1.82) is 0 Å². The molecule has 0 saturated carbocycles. The zero-order valence-corrected chi connectivity index (χ0v) is 11.6. The molecule has 0 bridgehead atoms. The molecule has 2 aromatic rings. The van der Waals surface area contributed by atoms with Crippen LogP contribution in [-0.4, -0.2) is 4.98 Å². The first-order valence-corrected chi connectivity index (χ1v) is 6.67. The van der Waals surface area contributed by atoms with Crippen LogP contribution in [0.3, 0.4) is 0 Å². The highest BCUT2D eigenvalue weighted by atomic mass is 35.5. The highest BCUT2D eigenvalue weighted by Gasteiger charge is 2.08. The monoisotopic (exact) mass is 307 g/mol. The lowest BCUT2D eigenvalue weighted by Gasteiger charge is -2.06. The van der Waals surface area contributed by atoms with Crippen LogP contribution in [0.4, 0.5) is 10.8 Å². The Morgan fingerprint density at radius 1 is 1.18 bits per heavy atom. The predicted octanol–water partition coefficient (Wildman–Crippen LogP) is 4.31. The van der Waals surface area contributed by atoms with Gasteiger partial charge in [0.1, 0.15) is 0 Å². The van der Waals surface area contributed by atoms with Crippen LogP contribution in [-0.2, 0) is 6.54 Å². The van der Waals surface area contributed by atoms with E-state index in [-0.39, 0.29) is 0 Å². The average molecular weight is 309 g/mol. The maximum absolute atomic E-state index is 6.04. The third-order valence-corrected chi connectivity index (χ3v) is 3.85. The van der Waals surface area contributed by atoms with E-state index in [1.807, 2.05) is 5.38 Å². The minimum absolute atomic E-state index is 0.410. The van der Waals surface area contributed by atoms with Gasteiger partial charge in [-0.3, -0.25) is 0 Å². The third-order valence-electron chi connectivity index (χ3n) is 2.01. The maximum Gasteiger partial charge on any atom is 0.187 e. The molecule has 0 aliphatic carbocycles. The molecule has 3 nitrogen and oxygen atoms in total. The Kier molecular flexibility index (Phi) is 4.12. The smallest absolute Gasteiger partial charge is 0.187 e. The van der Waals surface area contributed by atoms with Crippen molar-refractivity contribution in [2.75, 3.05) is 5.32 Å². The lowest BCUT2D eigenvalue weighted by atomic mass is 10.3. The summed E-state index contributed by atoms with van der Waals surface area (Å²) in [7, 11) is 0.